The molecular weight excluding hydrogens is 567 g/mol. The molecular formula is C32H35FN6O5. The van der Waals surface area contributed by atoms with E-state index in [4.69, 9.17) is 9.84 Å². The summed E-state index contributed by atoms with van der Waals surface area (Å²) in [7, 11) is 0. The van der Waals surface area contributed by atoms with Crippen molar-refractivity contribution in [3.8, 4) is 11.5 Å². The Morgan fingerprint density at radius 3 is 2.25 bits per heavy atom. The highest BCUT2D eigenvalue weighted by Crippen LogP contribution is 3.05. The third-order valence-electron chi connectivity index (χ3n) is 12.1. The van der Waals surface area contributed by atoms with Crippen molar-refractivity contribution in [3.05, 3.63) is 63.2 Å². The van der Waals surface area contributed by atoms with Gasteiger partial charge in [0.15, 0.2) is 0 Å². The van der Waals surface area contributed by atoms with Gasteiger partial charge in [0.2, 0.25) is 0 Å². The van der Waals surface area contributed by atoms with Gasteiger partial charge in [-0.15, -0.1) is 0 Å². The lowest BCUT2D eigenvalue weighted by molar-refractivity contribution is -0.612. The van der Waals surface area contributed by atoms with Gasteiger partial charge >= 0.3 is 17.9 Å². The van der Waals surface area contributed by atoms with Crippen molar-refractivity contribution < 1.29 is 23.8 Å². The number of amides is 2. The molecule has 0 spiro atoms. The Labute approximate surface area is 252 Å². The molecule has 11 nitrogen and oxygen atoms in total. The van der Waals surface area contributed by atoms with E-state index in [0.29, 0.717) is 76.7 Å². The van der Waals surface area contributed by atoms with Crippen molar-refractivity contribution in [1.29, 1.82) is 0 Å². The molecule has 7 aliphatic rings. The fraction of sp³-hybridized carbons (Fsp3) is 0.562. The maximum absolute atomic E-state index is 14.6. The number of rotatable bonds is 4. The number of carbonyl (C=O) groups is 2. The molecule has 2 N–H and O–H groups in total. The highest BCUT2D eigenvalue weighted by atomic mass is 19.1. The largest absolute Gasteiger partial charge is 0.465 e. The van der Waals surface area contributed by atoms with Crippen LogP contribution in [-0.4, -0.2) is 58.8 Å². The standard InChI is InChI=1S/C32H35FN6O5/c1-13-11-16(12-14(2)25(13)33)39-26(18-15(3)36(29(42)43)8-7-17(18)35-39)37-9-10-38(28(37)41)32-22-19-23(32)21-24(32)20(22)31(19,21)34-27(40)44-30(4,5)6/h9-12,15,19-24H,7-8H2,1-6H3,(H,34,40)(H,42,43)/t15-,19?,20?,21?,22?,23?,24?,31?,32?/m0/s1. The number of aryl methyl sites for hydroxylation is 2. The number of benzene rings is 1. The normalized spacial score (nSPS) is 36.2. The summed E-state index contributed by atoms with van der Waals surface area (Å²) >= 11 is 0. The predicted molar refractivity (Wildman–Crippen MR) is 154 cm³/mol. The molecule has 1 aliphatic heterocycles. The van der Waals surface area contributed by atoms with Crippen molar-refractivity contribution in [2.24, 2.45) is 35.5 Å². The number of nitrogens with one attached hydrogen (secondary N) is 1. The average molecular weight is 603 g/mol. The van der Waals surface area contributed by atoms with Gasteiger partial charge in [-0.05, 0) is 100 Å². The maximum Gasteiger partial charge on any atom is 0.408 e. The van der Waals surface area contributed by atoms with Crippen LogP contribution in [0, 0.1) is 55.2 Å². The first-order chi connectivity index (χ1) is 20.7. The zero-order valence-corrected chi connectivity index (χ0v) is 25.5. The van der Waals surface area contributed by atoms with E-state index in [2.05, 4.69) is 5.32 Å². The molecule has 6 saturated carbocycles. The van der Waals surface area contributed by atoms with Gasteiger partial charge in [-0.2, -0.15) is 5.10 Å². The first-order valence-corrected chi connectivity index (χ1v) is 15.5. The summed E-state index contributed by atoms with van der Waals surface area (Å²) in [5.41, 5.74) is 1.84. The Balaban J connectivity index is 1.10. The van der Waals surface area contributed by atoms with Crippen LogP contribution < -0.4 is 11.0 Å². The van der Waals surface area contributed by atoms with Crippen molar-refractivity contribution in [1.82, 2.24) is 29.1 Å². The molecule has 0 saturated heterocycles. The van der Waals surface area contributed by atoms with Crippen LogP contribution in [0.2, 0.25) is 0 Å². The quantitative estimate of drug-likeness (QED) is 0.467. The van der Waals surface area contributed by atoms with Gasteiger partial charge in [-0.25, -0.2) is 23.5 Å². The van der Waals surface area contributed by atoms with E-state index in [-0.39, 0.29) is 28.7 Å². The Bertz CT molecular complexity index is 1840. The molecule has 2 aromatic heterocycles. The SMILES string of the molecule is Cc1cc(-n2nc3c(c2-n2ccn(C45C6C7C4C4C5C6C74NC(=O)OC(C)(C)C)c2=O)[C@H](C)N(C(=O)O)CC3)cc(C)c1F. The lowest BCUT2D eigenvalue weighted by atomic mass is 8.96. The number of hydrogen-bond acceptors (Lipinski definition) is 5. The van der Waals surface area contributed by atoms with Crippen LogP contribution in [0.15, 0.2) is 29.3 Å². The molecule has 1 atom stereocenters. The number of aromatic nitrogens is 4. The zero-order chi connectivity index (χ0) is 31.0. The van der Waals surface area contributed by atoms with Crippen molar-refractivity contribution >= 4 is 12.2 Å². The number of carbonyl (C=O) groups excluding carboxylic acids is 1. The molecule has 1 aromatic carbocycles. The summed E-state index contributed by atoms with van der Waals surface area (Å²) in [6.07, 6.45) is 2.66. The Kier molecular flexibility index (Phi) is 4.53. The lowest BCUT2D eigenvalue weighted by Crippen LogP contribution is -3.17. The highest BCUT2D eigenvalue weighted by molar-refractivity contribution is 5.74. The van der Waals surface area contributed by atoms with E-state index in [1.807, 2.05) is 38.5 Å². The highest BCUT2D eigenvalue weighted by Gasteiger charge is 3.11. The molecule has 0 unspecified atom stereocenters. The van der Waals surface area contributed by atoms with E-state index in [9.17, 15) is 23.9 Å². The van der Waals surface area contributed by atoms with Crippen molar-refractivity contribution in [2.45, 2.75) is 70.7 Å². The predicted octanol–water partition coefficient (Wildman–Crippen LogP) is 3.90. The number of hydrogen-bond donors (Lipinski definition) is 2. The van der Waals surface area contributed by atoms with E-state index in [0.717, 1.165) is 5.69 Å². The average Bonchev–Trinajstić information content (AvgIpc) is 3.51. The van der Waals surface area contributed by atoms with Gasteiger partial charge in [-0.1, -0.05) is 0 Å². The fourth-order valence-corrected chi connectivity index (χ4v) is 10.9. The molecule has 6 fully saturated rings. The topological polar surface area (TPSA) is 124 Å². The summed E-state index contributed by atoms with van der Waals surface area (Å²) in [6, 6.07) is 2.89. The van der Waals surface area contributed by atoms with E-state index < -0.39 is 17.7 Å². The Morgan fingerprint density at radius 2 is 1.68 bits per heavy atom. The van der Waals surface area contributed by atoms with Gasteiger partial charge in [-0.3, -0.25) is 9.13 Å². The first kappa shape index (κ1) is 26.3. The molecule has 10 rings (SSSR count). The van der Waals surface area contributed by atoms with Crippen LogP contribution in [0.25, 0.3) is 11.5 Å². The molecule has 0 bridgehead atoms. The monoisotopic (exact) mass is 602 g/mol. The third kappa shape index (κ3) is 2.56. The number of fused-ring (bicyclic) bond motifs is 1. The minimum atomic E-state index is -1.03. The van der Waals surface area contributed by atoms with Gasteiger partial charge in [0, 0.05) is 30.9 Å². The van der Waals surface area contributed by atoms with Crippen molar-refractivity contribution in [2.75, 3.05) is 6.54 Å². The third-order valence-corrected chi connectivity index (χ3v) is 12.1. The van der Waals surface area contributed by atoms with Gasteiger partial charge in [0.1, 0.15) is 17.2 Å². The van der Waals surface area contributed by atoms with Gasteiger partial charge in [0.05, 0.1) is 28.5 Å². The van der Waals surface area contributed by atoms with Crippen LogP contribution in [0.4, 0.5) is 14.0 Å². The smallest absolute Gasteiger partial charge is 0.408 e. The molecule has 6 aliphatic carbocycles. The zero-order valence-electron chi connectivity index (χ0n) is 25.5. The summed E-state index contributed by atoms with van der Waals surface area (Å²) in [5.74, 6) is 2.39. The van der Waals surface area contributed by atoms with Crippen LogP contribution >= 0.6 is 0 Å². The number of halogens is 1. The van der Waals surface area contributed by atoms with E-state index >= 15 is 0 Å². The summed E-state index contributed by atoms with van der Waals surface area (Å²) in [4.78, 5) is 40.5. The molecule has 2 amide bonds. The number of imidazole rings is 1. The van der Waals surface area contributed by atoms with Gasteiger partial charge in [0.25, 0.3) is 0 Å². The summed E-state index contributed by atoms with van der Waals surface area (Å²) < 4.78 is 25.4. The lowest BCUT2D eigenvalue weighted by Gasteiger charge is -3.10. The number of alkyl carbamates (subject to hydrolysis) is 1. The van der Waals surface area contributed by atoms with Crippen LogP contribution in [0.3, 0.4) is 0 Å². The van der Waals surface area contributed by atoms with Crippen LogP contribution in [-0.2, 0) is 16.7 Å². The van der Waals surface area contributed by atoms with Gasteiger partial charge < -0.3 is 20.1 Å². The molecule has 3 heterocycles. The molecule has 3 aromatic rings. The second-order valence-electron chi connectivity index (χ2n) is 14.8. The van der Waals surface area contributed by atoms with Crippen LogP contribution in [0.5, 0.6) is 0 Å². The maximum atomic E-state index is 14.6. The molecule has 0 radical (unpaired) electrons. The Hall–Kier alpha value is -4.09. The number of carboxylic acid groups (broad SMARTS) is 1. The summed E-state index contributed by atoms with van der Waals surface area (Å²) in [5, 5.41) is 18.0. The van der Waals surface area contributed by atoms with Crippen LogP contribution in [0.1, 0.15) is 56.1 Å². The molecule has 44 heavy (non-hydrogen) atoms. The number of nitrogens with zero attached hydrogens (tertiary/aromatic N) is 5. The summed E-state index contributed by atoms with van der Waals surface area (Å²) in [6.45, 7) is 11.1. The van der Waals surface area contributed by atoms with Crippen molar-refractivity contribution in [3.63, 3.8) is 0 Å². The molecule has 230 valence electrons. The minimum Gasteiger partial charge on any atom is -0.465 e. The second kappa shape index (κ2) is 7.58. The minimum absolute atomic E-state index is 0.165. The number of ether oxygens (including phenoxy) is 1. The fourth-order valence-electron chi connectivity index (χ4n) is 10.9. The molecule has 12 heteroatoms. The second-order valence-corrected chi connectivity index (χ2v) is 14.8. The van der Waals surface area contributed by atoms with E-state index in [1.165, 1.54) is 4.90 Å². The Morgan fingerprint density at radius 1 is 1.07 bits per heavy atom. The first-order valence-electron chi connectivity index (χ1n) is 15.5. The van der Waals surface area contributed by atoms with E-state index in [1.54, 1.807) is 41.4 Å².